The predicted octanol–water partition coefficient (Wildman–Crippen LogP) is 5.50. The van der Waals surface area contributed by atoms with Gasteiger partial charge < -0.3 is 32.7 Å². The van der Waals surface area contributed by atoms with Crippen molar-refractivity contribution in [2.24, 2.45) is 0 Å². The maximum atomic E-state index is 9.00. The minimum absolute atomic E-state index is 0. The average Bonchev–Trinajstić information content (AvgIpc) is 2.63. The van der Waals surface area contributed by atoms with E-state index in [4.69, 9.17) is 39.6 Å². The number of rotatable bonds is 0. The van der Waals surface area contributed by atoms with E-state index >= 15 is 0 Å². The zero-order chi connectivity index (χ0) is 26.3. The second-order valence-electron chi connectivity index (χ2n) is 2.08. The lowest BCUT2D eigenvalue weighted by Gasteiger charge is -1.59. The van der Waals surface area contributed by atoms with Crippen LogP contribution in [0.1, 0.15) is 27.7 Å². The van der Waals surface area contributed by atoms with Gasteiger partial charge in [0.05, 0.1) is 0 Å². The van der Waals surface area contributed by atoms with Crippen LogP contribution in [-0.2, 0) is 19.2 Å². The Balaban J connectivity index is -0.0000000122. The molecule has 0 aliphatic carbocycles. The van der Waals surface area contributed by atoms with Crippen LogP contribution in [0.5, 0.6) is 0 Å². The molecule has 0 bridgehead atoms. The third kappa shape index (κ3) is 926. The van der Waals surface area contributed by atoms with Crippen molar-refractivity contribution < 1.29 is 39.6 Å². The highest BCUT2D eigenvalue weighted by Gasteiger charge is 1.66. The van der Waals surface area contributed by atoms with Crippen molar-refractivity contribution in [3.8, 4) is 0 Å². The van der Waals surface area contributed by atoms with Gasteiger partial charge in [0.15, 0.2) is 0 Å². The Labute approximate surface area is 183 Å². The van der Waals surface area contributed by atoms with Gasteiger partial charge in [-0.25, -0.2) is 0 Å². The molecule has 10 nitrogen and oxygen atoms in total. The van der Waals surface area contributed by atoms with Gasteiger partial charge in [-0.05, 0) is 0 Å². The molecule has 0 spiro atoms. The van der Waals surface area contributed by atoms with Crippen molar-refractivity contribution in [3.05, 3.63) is 78.9 Å². The van der Waals surface area contributed by atoms with E-state index in [2.05, 4.69) is 78.9 Å². The number of carboxylic acids is 4. The summed E-state index contributed by atoms with van der Waals surface area (Å²) >= 11 is 0. The fraction of sp³-hybridized carbons (Fsp3) is 0.200. The molecule has 0 aliphatic heterocycles. The average molecular weight is 443 g/mol. The van der Waals surface area contributed by atoms with Crippen LogP contribution in [0.2, 0.25) is 0 Å². The second-order valence-corrected chi connectivity index (χ2v) is 2.08. The summed E-state index contributed by atoms with van der Waals surface area (Å²) in [5, 5.41) is 29.7. The quantitative estimate of drug-likeness (QED) is 0.258. The molecule has 0 saturated heterocycles. The molecule has 0 atom stereocenters. The summed E-state index contributed by atoms with van der Waals surface area (Å²) in [6.07, 6.45) is 0. The van der Waals surface area contributed by atoms with E-state index in [-0.39, 0.29) is 12.3 Å². The zero-order valence-electron chi connectivity index (χ0n) is 19.3. The Hall–Kier alpha value is -3.76. The van der Waals surface area contributed by atoms with E-state index in [9.17, 15) is 0 Å². The first-order valence-electron chi connectivity index (χ1n) is 6.71. The SMILES string of the molecule is C=C.C=C.C=C.C=C.C=C.C=C.CC(=O)O.CC(=O)O.CC(=O)O.CC(=O)O.N.N. The number of hydrogen-bond acceptors (Lipinski definition) is 6. The topological polar surface area (TPSA) is 219 Å². The van der Waals surface area contributed by atoms with Gasteiger partial charge in [0.2, 0.25) is 0 Å². The molecule has 0 unspecified atom stereocenters. The van der Waals surface area contributed by atoms with Crippen molar-refractivity contribution in [3.63, 3.8) is 0 Å². The van der Waals surface area contributed by atoms with Gasteiger partial charge in [-0.15, -0.1) is 78.9 Å². The summed E-state index contributed by atoms with van der Waals surface area (Å²) in [6, 6.07) is 0. The number of carboxylic acid groups (broad SMARTS) is 4. The number of carbonyl (C=O) groups is 4. The molecule has 10 N–H and O–H groups in total. The molecule has 0 rings (SSSR count). The van der Waals surface area contributed by atoms with E-state index in [0.717, 1.165) is 27.7 Å². The largest absolute Gasteiger partial charge is 0.481 e. The molecule has 30 heavy (non-hydrogen) atoms. The fourth-order valence-electron chi connectivity index (χ4n) is 0. The Morgan fingerprint density at radius 1 is 0.367 bits per heavy atom. The van der Waals surface area contributed by atoms with Gasteiger partial charge in [0.25, 0.3) is 23.9 Å². The number of hydrogen-bond donors (Lipinski definition) is 6. The Morgan fingerprint density at radius 2 is 0.367 bits per heavy atom. The lowest BCUT2D eigenvalue weighted by Crippen LogP contribution is -1.78. The highest BCUT2D eigenvalue weighted by atomic mass is 16.4. The molecular weight excluding hydrogens is 396 g/mol. The molecule has 184 valence electrons. The van der Waals surface area contributed by atoms with E-state index in [1.807, 2.05) is 0 Å². The van der Waals surface area contributed by atoms with Crippen LogP contribution >= 0.6 is 0 Å². The Kier molecular flexibility index (Phi) is 600. The first kappa shape index (κ1) is 82.4. The van der Waals surface area contributed by atoms with E-state index in [1.165, 1.54) is 0 Å². The second kappa shape index (κ2) is 218. The molecular formula is C20H46N2O8. The maximum Gasteiger partial charge on any atom is 0.300 e. The zero-order valence-corrected chi connectivity index (χ0v) is 19.3. The first-order valence-corrected chi connectivity index (χ1v) is 6.71. The van der Waals surface area contributed by atoms with Gasteiger partial charge >= 0.3 is 0 Å². The molecule has 0 amide bonds. The molecule has 0 fully saturated rings. The maximum absolute atomic E-state index is 9.00. The lowest BCUT2D eigenvalue weighted by molar-refractivity contribution is -0.135. The summed E-state index contributed by atoms with van der Waals surface area (Å²) in [5.74, 6) is -3.33. The fourth-order valence-corrected chi connectivity index (χ4v) is 0. The van der Waals surface area contributed by atoms with Gasteiger partial charge in [0, 0.05) is 27.7 Å². The monoisotopic (exact) mass is 442 g/mol. The molecule has 0 radical (unpaired) electrons. The first-order chi connectivity index (χ1) is 12.9. The Morgan fingerprint density at radius 3 is 0.367 bits per heavy atom. The van der Waals surface area contributed by atoms with Gasteiger partial charge in [-0.3, -0.25) is 19.2 Å². The van der Waals surface area contributed by atoms with Crippen LogP contribution in [0.3, 0.4) is 0 Å². The summed E-state index contributed by atoms with van der Waals surface area (Å²) in [7, 11) is 0. The van der Waals surface area contributed by atoms with E-state index in [1.54, 1.807) is 0 Å². The molecule has 0 aromatic carbocycles. The van der Waals surface area contributed by atoms with Crippen molar-refractivity contribution >= 4 is 23.9 Å². The highest BCUT2D eigenvalue weighted by Crippen LogP contribution is 1.43. The summed E-state index contributed by atoms with van der Waals surface area (Å²) in [4.78, 5) is 36.0. The van der Waals surface area contributed by atoms with Crippen molar-refractivity contribution in [2.75, 3.05) is 0 Å². The Bertz CT molecular complexity index is 234. The summed E-state index contributed by atoms with van der Waals surface area (Å²) in [5.41, 5.74) is 0. The van der Waals surface area contributed by atoms with Crippen LogP contribution in [-0.4, -0.2) is 44.3 Å². The van der Waals surface area contributed by atoms with Crippen LogP contribution < -0.4 is 12.3 Å². The molecule has 0 aromatic heterocycles. The standard InChI is InChI=1S/4C2H4O2.6C2H4.2H3N/c4*1-2(3)4;6*1-2;;/h4*1H3,(H,3,4);6*1-2H2;2*1H3. The predicted molar refractivity (Wildman–Crippen MR) is 131 cm³/mol. The highest BCUT2D eigenvalue weighted by molar-refractivity contribution is 5.63. The van der Waals surface area contributed by atoms with Crippen molar-refractivity contribution in [1.29, 1.82) is 0 Å². The normalized spacial score (nSPS) is 4.13. The van der Waals surface area contributed by atoms with Crippen molar-refractivity contribution in [1.82, 2.24) is 12.3 Å². The number of aliphatic carboxylic acids is 4. The van der Waals surface area contributed by atoms with E-state index < -0.39 is 23.9 Å². The van der Waals surface area contributed by atoms with Crippen LogP contribution in [0, 0.1) is 0 Å². The van der Waals surface area contributed by atoms with Crippen LogP contribution in [0.25, 0.3) is 0 Å². The van der Waals surface area contributed by atoms with Gasteiger partial charge in [0.1, 0.15) is 0 Å². The third-order valence-electron chi connectivity index (χ3n) is 0. The van der Waals surface area contributed by atoms with E-state index in [0.29, 0.717) is 0 Å². The lowest BCUT2D eigenvalue weighted by atomic mass is 10.9. The summed E-state index contributed by atoms with van der Waals surface area (Å²) in [6.45, 7) is 40.3. The van der Waals surface area contributed by atoms with Crippen molar-refractivity contribution in [2.45, 2.75) is 27.7 Å². The smallest absolute Gasteiger partial charge is 0.300 e. The minimum atomic E-state index is -0.833. The molecule has 0 heterocycles. The van der Waals surface area contributed by atoms with Crippen LogP contribution in [0.15, 0.2) is 78.9 Å². The van der Waals surface area contributed by atoms with Gasteiger partial charge in [-0.1, -0.05) is 0 Å². The van der Waals surface area contributed by atoms with Crippen LogP contribution in [0.4, 0.5) is 0 Å². The molecule has 0 aliphatic rings. The third-order valence-corrected chi connectivity index (χ3v) is 0. The summed E-state index contributed by atoms with van der Waals surface area (Å²) < 4.78 is 0. The molecule has 10 heteroatoms. The molecule has 0 saturated carbocycles. The molecule has 0 aromatic rings. The minimum Gasteiger partial charge on any atom is -0.481 e. The van der Waals surface area contributed by atoms with Gasteiger partial charge in [-0.2, -0.15) is 0 Å².